The van der Waals surface area contributed by atoms with Crippen LogP contribution in [-0.2, 0) is 11.8 Å². The van der Waals surface area contributed by atoms with Gasteiger partial charge in [0.2, 0.25) is 0 Å². The van der Waals surface area contributed by atoms with E-state index in [-0.39, 0.29) is 12.0 Å². The lowest BCUT2D eigenvalue weighted by molar-refractivity contribution is 0.0526. The van der Waals surface area contributed by atoms with Gasteiger partial charge in [0.25, 0.3) is 0 Å². The average molecular weight is 287 g/mol. The number of nitrogens with zero attached hydrogens (tertiary/aromatic N) is 2. The van der Waals surface area contributed by atoms with Crippen molar-refractivity contribution in [2.45, 2.75) is 26.8 Å². The summed E-state index contributed by atoms with van der Waals surface area (Å²) < 4.78 is 6.82. The monoisotopic (exact) mass is 287 g/mol. The predicted octanol–water partition coefficient (Wildman–Crippen LogP) is 3.08. The molecule has 1 N–H and O–H groups in total. The highest BCUT2D eigenvalue weighted by Crippen LogP contribution is 2.22. The summed E-state index contributed by atoms with van der Waals surface area (Å²) in [6.07, 6.45) is 2.00. The second-order valence-corrected chi connectivity index (χ2v) is 5.01. The second kappa shape index (κ2) is 6.43. The first-order valence-electron chi connectivity index (χ1n) is 7.05. The molecule has 0 fully saturated rings. The number of hydrogen-bond donors (Lipinski definition) is 1. The van der Waals surface area contributed by atoms with E-state index in [1.165, 1.54) is 0 Å². The Hall–Kier alpha value is -2.30. The Morgan fingerprint density at radius 1 is 1.48 bits per heavy atom. The van der Waals surface area contributed by atoms with Crippen molar-refractivity contribution in [3.05, 3.63) is 47.3 Å². The van der Waals surface area contributed by atoms with Crippen LogP contribution in [-0.4, -0.2) is 22.4 Å². The quantitative estimate of drug-likeness (QED) is 0.859. The van der Waals surface area contributed by atoms with Gasteiger partial charge in [0.1, 0.15) is 0 Å². The first-order valence-corrected chi connectivity index (χ1v) is 7.05. The largest absolute Gasteiger partial charge is 0.462 e. The van der Waals surface area contributed by atoms with Gasteiger partial charge in [0, 0.05) is 24.5 Å². The third-order valence-corrected chi connectivity index (χ3v) is 3.27. The Morgan fingerprint density at radius 3 is 2.86 bits per heavy atom. The Morgan fingerprint density at radius 2 is 2.24 bits per heavy atom. The lowest BCUT2D eigenvalue weighted by atomic mass is 10.1. The molecule has 0 saturated heterocycles. The highest BCUT2D eigenvalue weighted by atomic mass is 16.5. The van der Waals surface area contributed by atoms with E-state index in [0.29, 0.717) is 12.2 Å². The SMILES string of the molecule is CCOC(=O)c1cccc(NC(C)c2cn(C)nc2C)c1. The van der Waals surface area contributed by atoms with E-state index in [2.05, 4.69) is 17.3 Å². The molecule has 1 aromatic heterocycles. The van der Waals surface area contributed by atoms with E-state index < -0.39 is 0 Å². The Bertz CT molecular complexity index is 634. The van der Waals surface area contributed by atoms with Gasteiger partial charge >= 0.3 is 5.97 Å². The third kappa shape index (κ3) is 3.62. The smallest absolute Gasteiger partial charge is 0.338 e. The van der Waals surface area contributed by atoms with Crippen molar-refractivity contribution in [3.8, 4) is 0 Å². The summed E-state index contributed by atoms with van der Waals surface area (Å²) in [6.45, 7) is 6.23. The van der Waals surface area contributed by atoms with Gasteiger partial charge in [0.15, 0.2) is 0 Å². The molecular weight excluding hydrogens is 266 g/mol. The van der Waals surface area contributed by atoms with E-state index in [0.717, 1.165) is 16.9 Å². The van der Waals surface area contributed by atoms with Crippen LogP contribution in [0.4, 0.5) is 5.69 Å². The molecule has 2 aromatic rings. The summed E-state index contributed by atoms with van der Waals surface area (Å²) in [6, 6.07) is 7.45. The number of aryl methyl sites for hydroxylation is 2. The average Bonchev–Trinajstić information content (AvgIpc) is 2.78. The number of aromatic nitrogens is 2. The van der Waals surface area contributed by atoms with Crippen molar-refractivity contribution >= 4 is 11.7 Å². The number of nitrogens with one attached hydrogen (secondary N) is 1. The number of carbonyl (C=O) groups is 1. The minimum Gasteiger partial charge on any atom is -0.462 e. The molecular formula is C16H21N3O2. The maximum atomic E-state index is 11.7. The van der Waals surface area contributed by atoms with E-state index in [1.807, 2.05) is 32.3 Å². The minimum atomic E-state index is -0.300. The highest BCUT2D eigenvalue weighted by molar-refractivity contribution is 5.90. The van der Waals surface area contributed by atoms with Crippen molar-refractivity contribution in [1.29, 1.82) is 0 Å². The van der Waals surface area contributed by atoms with Crippen molar-refractivity contribution in [3.63, 3.8) is 0 Å². The minimum absolute atomic E-state index is 0.108. The van der Waals surface area contributed by atoms with Crippen molar-refractivity contribution < 1.29 is 9.53 Å². The number of carbonyl (C=O) groups excluding carboxylic acids is 1. The van der Waals surface area contributed by atoms with Crippen LogP contribution >= 0.6 is 0 Å². The van der Waals surface area contributed by atoms with Gasteiger partial charge in [0.05, 0.1) is 23.9 Å². The van der Waals surface area contributed by atoms with E-state index >= 15 is 0 Å². The molecule has 1 aromatic carbocycles. The molecule has 0 aliphatic carbocycles. The van der Waals surface area contributed by atoms with Gasteiger partial charge in [-0.05, 0) is 39.0 Å². The molecule has 21 heavy (non-hydrogen) atoms. The Labute approximate surface area is 124 Å². The summed E-state index contributed by atoms with van der Waals surface area (Å²) in [4.78, 5) is 11.7. The first kappa shape index (κ1) is 15.1. The van der Waals surface area contributed by atoms with Crippen molar-refractivity contribution in [2.75, 3.05) is 11.9 Å². The number of rotatable bonds is 5. The lowest BCUT2D eigenvalue weighted by Gasteiger charge is -2.15. The zero-order chi connectivity index (χ0) is 15.4. The van der Waals surface area contributed by atoms with Crippen LogP contribution in [0, 0.1) is 6.92 Å². The van der Waals surface area contributed by atoms with Gasteiger partial charge < -0.3 is 10.1 Å². The van der Waals surface area contributed by atoms with Crippen LogP contribution in [0.3, 0.4) is 0 Å². The Balaban J connectivity index is 2.14. The first-order chi connectivity index (χ1) is 10.0. The molecule has 0 saturated carbocycles. The fraction of sp³-hybridized carbons (Fsp3) is 0.375. The molecule has 1 heterocycles. The summed E-state index contributed by atoms with van der Waals surface area (Å²) in [5.41, 5.74) is 3.58. The zero-order valence-electron chi connectivity index (χ0n) is 12.9. The van der Waals surface area contributed by atoms with Gasteiger partial charge in [-0.3, -0.25) is 4.68 Å². The van der Waals surface area contributed by atoms with E-state index in [4.69, 9.17) is 4.74 Å². The van der Waals surface area contributed by atoms with Crippen LogP contribution in [0.1, 0.15) is 41.5 Å². The lowest BCUT2D eigenvalue weighted by Crippen LogP contribution is -2.09. The molecule has 0 radical (unpaired) electrons. The van der Waals surface area contributed by atoms with E-state index in [1.54, 1.807) is 23.7 Å². The van der Waals surface area contributed by atoms with Gasteiger partial charge in [-0.25, -0.2) is 4.79 Å². The summed E-state index contributed by atoms with van der Waals surface area (Å²) in [5, 5.41) is 7.74. The van der Waals surface area contributed by atoms with Crippen LogP contribution in [0.5, 0.6) is 0 Å². The maximum Gasteiger partial charge on any atom is 0.338 e. The van der Waals surface area contributed by atoms with Crippen molar-refractivity contribution in [1.82, 2.24) is 9.78 Å². The number of esters is 1. The number of hydrogen-bond acceptors (Lipinski definition) is 4. The molecule has 0 bridgehead atoms. The fourth-order valence-electron chi connectivity index (χ4n) is 2.32. The predicted molar refractivity (Wildman–Crippen MR) is 82.4 cm³/mol. The highest BCUT2D eigenvalue weighted by Gasteiger charge is 2.13. The molecule has 1 atom stereocenters. The van der Waals surface area contributed by atoms with Gasteiger partial charge in [-0.1, -0.05) is 6.07 Å². The molecule has 2 rings (SSSR count). The van der Waals surface area contributed by atoms with Crippen LogP contribution in [0.2, 0.25) is 0 Å². The summed E-state index contributed by atoms with van der Waals surface area (Å²) in [7, 11) is 1.91. The van der Waals surface area contributed by atoms with Crippen molar-refractivity contribution in [2.24, 2.45) is 7.05 Å². The van der Waals surface area contributed by atoms with E-state index in [9.17, 15) is 4.79 Å². The fourth-order valence-corrected chi connectivity index (χ4v) is 2.32. The molecule has 5 nitrogen and oxygen atoms in total. The molecule has 0 spiro atoms. The molecule has 0 amide bonds. The number of benzene rings is 1. The maximum absolute atomic E-state index is 11.7. The normalized spacial score (nSPS) is 12.0. The molecule has 112 valence electrons. The Kier molecular flexibility index (Phi) is 4.62. The number of ether oxygens (including phenoxy) is 1. The molecule has 0 aliphatic heterocycles. The second-order valence-electron chi connectivity index (χ2n) is 5.01. The van der Waals surface area contributed by atoms with Gasteiger partial charge in [-0.15, -0.1) is 0 Å². The van der Waals surface area contributed by atoms with Crippen LogP contribution in [0.15, 0.2) is 30.5 Å². The number of anilines is 1. The standard InChI is InChI=1S/C16H21N3O2/c1-5-21-16(20)13-7-6-8-14(9-13)17-11(2)15-10-19(4)18-12(15)3/h6-11,17H,5H2,1-4H3. The molecule has 5 heteroatoms. The summed E-state index contributed by atoms with van der Waals surface area (Å²) >= 11 is 0. The zero-order valence-corrected chi connectivity index (χ0v) is 12.9. The van der Waals surface area contributed by atoms with Gasteiger partial charge in [-0.2, -0.15) is 5.10 Å². The molecule has 1 unspecified atom stereocenters. The topological polar surface area (TPSA) is 56.1 Å². The van der Waals surface area contributed by atoms with Crippen LogP contribution in [0.25, 0.3) is 0 Å². The van der Waals surface area contributed by atoms with Crippen LogP contribution < -0.4 is 5.32 Å². The summed E-state index contributed by atoms with van der Waals surface area (Å²) in [5.74, 6) is -0.300. The third-order valence-electron chi connectivity index (χ3n) is 3.27. The molecule has 0 aliphatic rings.